The predicted octanol–water partition coefficient (Wildman–Crippen LogP) is 2.80. The highest BCUT2D eigenvalue weighted by Crippen LogP contribution is 2.24. The van der Waals surface area contributed by atoms with Crippen LogP contribution in [0.3, 0.4) is 0 Å². The molecule has 3 aromatic rings. The van der Waals surface area contributed by atoms with Gasteiger partial charge in [-0.1, -0.05) is 24.3 Å². The fraction of sp³-hybridized carbons (Fsp3) is 0.318. The van der Waals surface area contributed by atoms with Gasteiger partial charge in [-0.15, -0.1) is 0 Å². The number of pyridine rings is 1. The fourth-order valence-electron chi connectivity index (χ4n) is 3.97. The van der Waals surface area contributed by atoms with Gasteiger partial charge >= 0.3 is 0 Å². The second-order valence-corrected chi connectivity index (χ2v) is 7.41. The molecule has 1 aliphatic rings. The summed E-state index contributed by atoms with van der Waals surface area (Å²) in [5, 5.41) is 4.02. The fourth-order valence-corrected chi connectivity index (χ4v) is 3.97. The van der Waals surface area contributed by atoms with Crippen molar-refractivity contribution in [2.75, 3.05) is 6.54 Å². The van der Waals surface area contributed by atoms with E-state index in [1.165, 1.54) is 0 Å². The number of nitrogens with zero attached hydrogens (tertiary/aromatic N) is 3. The van der Waals surface area contributed by atoms with Crippen molar-refractivity contribution in [1.82, 2.24) is 19.8 Å². The highest BCUT2D eigenvalue weighted by atomic mass is 16.2. The second kappa shape index (κ2) is 7.46. The maximum atomic E-state index is 13.5. The van der Waals surface area contributed by atoms with Crippen LogP contribution in [0.25, 0.3) is 10.9 Å². The Labute approximate surface area is 164 Å². The van der Waals surface area contributed by atoms with Crippen LogP contribution >= 0.6 is 0 Å². The average Bonchev–Trinajstić information content (AvgIpc) is 3.25. The van der Waals surface area contributed by atoms with Crippen LogP contribution in [0.1, 0.15) is 34.6 Å². The Balaban J connectivity index is 1.67. The highest BCUT2D eigenvalue weighted by molar-refractivity contribution is 5.99. The van der Waals surface area contributed by atoms with Crippen molar-refractivity contribution in [3.05, 3.63) is 65.6 Å². The van der Waals surface area contributed by atoms with Gasteiger partial charge in [-0.3, -0.25) is 14.6 Å². The van der Waals surface area contributed by atoms with E-state index in [0.717, 1.165) is 28.6 Å². The summed E-state index contributed by atoms with van der Waals surface area (Å²) in [5.74, 6) is 0.000340. The van der Waals surface area contributed by atoms with Gasteiger partial charge in [-0.05, 0) is 37.1 Å². The number of amides is 2. The number of fused-ring (bicyclic) bond motifs is 1. The van der Waals surface area contributed by atoms with Gasteiger partial charge in [-0.2, -0.15) is 0 Å². The maximum Gasteiger partial charge on any atom is 0.270 e. The van der Waals surface area contributed by atoms with Crippen LogP contribution in [0.15, 0.2) is 48.7 Å². The topological polar surface area (TPSA) is 67.2 Å². The quantitative estimate of drug-likeness (QED) is 0.745. The van der Waals surface area contributed by atoms with Crippen LogP contribution in [0, 0.1) is 6.92 Å². The molecule has 1 aromatic carbocycles. The zero-order valence-electron chi connectivity index (χ0n) is 16.2. The Kier molecular flexibility index (Phi) is 4.86. The molecular formula is C22H24N4O2. The van der Waals surface area contributed by atoms with Crippen LogP contribution in [0.5, 0.6) is 0 Å². The highest BCUT2D eigenvalue weighted by Gasteiger charge is 2.27. The summed E-state index contributed by atoms with van der Waals surface area (Å²) < 4.78 is 1.96. The van der Waals surface area contributed by atoms with Crippen LogP contribution in [0.2, 0.25) is 0 Å². The van der Waals surface area contributed by atoms with Crippen molar-refractivity contribution >= 4 is 22.7 Å². The summed E-state index contributed by atoms with van der Waals surface area (Å²) in [6.45, 7) is 2.94. The van der Waals surface area contributed by atoms with E-state index in [-0.39, 0.29) is 17.9 Å². The summed E-state index contributed by atoms with van der Waals surface area (Å²) in [4.78, 5) is 31.3. The number of hydrogen-bond acceptors (Lipinski definition) is 3. The zero-order chi connectivity index (χ0) is 19.7. The standard InChI is InChI=1S/C22H24N4O2/c1-15-6-5-7-16-12-19(25(2)21(15)16)22(28)26(13-17-8-3-4-11-23-17)14-18-9-10-20(27)24-18/h3-8,11-12,18H,9-10,13-14H2,1-2H3,(H,24,27)/t18-/m0/s1. The first kappa shape index (κ1) is 18.2. The first-order valence-electron chi connectivity index (χ1n) is 9.56. The molecule has 1 fully saturated rings. The van der Waals surface area contributed by atoms with Crippen LogP contribution < -0.4 is 5.32 Å². The summed E-state index contributed by atoms with van der Waals surface area (Å²) in [7, 11) is 1.93. The monoisotopic (exact) mass is 376 g/mol. The molecule has 0 unspecified atom stereocenters. The number of hydrogen-bond donors (Lipinski definition) is 1. The number of carbonyl (C=O) groups excluding carboxylic acids is 2. The number of aryl methyl sites for hydroxylation is 2. The molecule has 6 nitrogen and oxygen atoms in total. The number of carbonyl (C=O) groups is 2. The third-order valence-electron chi connectivity index (χ3n) is 5.37. The zero-order valence-corrected chi connectivity index (χ0v) is 16.2. The van der Waals surface area contributed by atoms with Crippen LogP contribution in [-0.2, 0) is 18.4 Å². The second-order valence-electron chi connectivity index (χ2n) is 7.41. The van der Waals surface area contributed by atoms with E-state index in [4.69, 9.17) is 0 Å². The Morgan fingerprint density at radius 3 is 2.82 bits per heavy atom. The molecule has 4 rings (SSSR count). The van der Waals surface area contributed by atoms with Crippen molar-refractivity contribution in [2.24, 2.45) is 7.05 Å². The van der Waals surface area contributed by atoms with E-state index < -0.39 is 0 Å². The van der Waals surface area contributed by atoms with E-state index in [9.17, 15) is 9.59 Å². The van der Waals surface area contributed by atoms with Crippen molar-refractivity contribution in [3.63, 3.8) is 0 Å². The molecule has 1 N–H and O–H groups in total. The maximum absolute atomic E-state index is 13.5. The van der Waals surface area contributed by atoms with Gasteiger partial charge in [0.25, 0.3) is 5.91 Å². The smallest absolute Gasteiger partial charge is 0.270 e. The number of benzene rings is 1. The SMILES string of the molecule is Cc1cccc2cc(C(=O)N(Cc3ccccn3)C[C@@H]3CCC(=O)N3)n(C)c12. The van der Waals surface area contributed by atoms with Crippen LogP contribution in [0.4, 0.5) is 0 Å². The molecule has 3 heterocycles. The van der Waals surface area contributed by atoms with Gasteiger partial charge < -0.3 is 14.8 Å². The van der Waals surface area contributed by atoms with Gasteiger partial charge in [0.1, 0.15) is 5.69 Å². The Morgan fingerprint density at radius 1 is 1.29 bits per heavy atom. The third kappa shape index (κ3) is 3.50. The van der Waals surface area contributed by atoms with Gasteiger partial charge in [0.15, 0.2) is 0 Å². The minimum Gasteiger partial charge on any atom is -0.352 e. The van der Waals surface area contributed by atoms with Crippen molar-refractivity contribution in [1.29, 1.82) is 0 Å². The largest absolute Gasteiger partial charge is 0.352 e. The molecule has 28 heavy (non-hydrogen) atoms. The van der Waals surface area contributed by atoms with Crippen LogP contribution in [-0.4, -0.2) is 38.9 Å². The van der Waals surface area contributed by atoms with Gasteiger partial charge in [0, 0.05) is 37.6 Å². The molecule has 1 aliphatic heterocycles. The molecule has 0 radical (unpaired) electrons. The number of nitrogens with one attached hydrogen (secondary N) is 1. The lowest BCUT2D eigenvalue weighted by Gasteiger charge is -2.26. The summed E-state index contributed by atoms with van der Waals surface area (Å²) >= 11 is 0. The molecule has 0 aliphatic carbocycles. The molecule has 1 saturated heterocycles. The molecule has 0 spiro atoms. The Bertz CT molecular complexity index is 1030. The minimum absolute atomic E-state index is 0.0171. The lowest BCUT2D eigenvalue weighted by atomic mass is 10.1. The molecule has 1 atom stereocenters. The van der Waals surface area contributed by atoms with Gasteiger partial charge in [-0.25, -0.2) is 0 Å². The third-order valence-corrected chi connectivity index (χ3v) is 5.37. The van der Waals surface area contributed by atoms with E-state index in [2.05, 4.69) is 23.3 Å². The number of para-hydroxylation sites is 1. The first-order chi connectivity index (χ1) is 13.5. The average molecular weight is 376 g/mol. The van der Waals surface area contributed by atoms with Gasteiger partial charge in [0.05, 0.1) is 17.8 Å². The summed E-state index contributed by atoms with van der Waals surface area (Å²) in [6.07, 6.45) is 3.00. The molecule has 144 valence electrons. The van der Waals surface area contributed by atoms with E-state index >= 15 is 0 Å². The van der Waals surface area contributed by atoms with Crippen molar-refractivity contribution in [2.45, 2.75) is 32.4 Å². The molecule has 6 heteroatoms. The van der Waals surface area contributed by atoms with Crippen molar-refractivity contribution < 1.29 is 9.59 Å². The lowest BCUT2D eigenvalue weighted by Crippen LogP contribution is -2.42. The molecule has 0 bridgehead atoms. The normalized spacial score (nSPS) is 16.4. The summed E-state index contributed by atoms with van der Waals surface area (Å²) in [5.41, 5.74) is 3.68. The summed E-state index contributed by atoms with van der Waals surface area (Å²) in [6, 6.07) is 13.7. The molecular weight excluding hydrogens is 352 g/mol. The molecule has 2 amide bonds. The number of aromatic nitrogens is 2. The molecule has 2 aromatic heterocycles. The number of rotatable bonds is 5. The van der Waals surface area contributed by atoms with Crippen molar-refractivity contribution in [3.8, 4) is 0 Å². The van der Waals surface area contributed by atoms with E-state index in [1.807, 2.05) is 48.0 Å². The van der Waals surface area contributed by atoms with E-state index in [0.29, 0.717) is 25.2 Å². The van der Waals surface area contributed by atoms with Gasteiger partial charge in [0.2, 0.25) is 5.91 Å². The lowest BCUT2D eigenvalue weighted by molar-refractivity contribution is -0.119. The van der Waals surface area contributed by atoms with E-state index in [1.54, 1.807) is 11.1 Å². The Morgan fingerprint density at radius 2 is 2.14 bits per heavy atom. The minimum atomic E-state index is -0.0510. The Hall–Kier alpha value is -3.15. The first-order valence-corrected chi connectivity index (χ1v) is 9.56. The predicted molar refractivity (Wildman–Crippen MR) is 108 cm³/mol. The molecule has 0 saturated carbocycles.